The minimum atomic E-state index is -3.01. The lowest BCUT2D eigenvalue weighted by molar-refractivity contribution is -0.145. The second-order valence-corrected chi connectivity index (χ2v) is 9.24. The van der Waals surface area contributed by atoms with E-state index in [1.165, 1.54) is 48.5 Å². The molecule has 0 saturated carbocycles. The first-order valence-corrected chi connectivity index (χ1v) is 11.7. The van der Waals surface area contributed by atoms with Crippen LogP contribution < -0.4 is 20.1 Å². The van der Waals surface area contributed by atoms with E-state index in [4.69, 9.17) is 9.47 Å². The van der Waals surface area contributed by atoms with Crippen LogP contribution in [0.4, 0.5) is 22.4 Å². The van der Waals surface area contributed by atoms with Crippen molar-refractivity contribution < 1.29 is 50.9 Å². The Kier molecular flexibility index (Phi) is 11.4. The monoisotopic (exact) mass is 558 g/mol. The summed E-state index contributed by atoms with van der Waals surface area (Å²) in [6, 6.07) is 8.46. The molecule has 0 aliphatic carbocycles. The number of amides is 2. The Morgan fingerprint density at radius 2 is 1.18 bits per heavy atom. The van der Waals surface area contributed by atoms with E-state index in [0.717, 1.165) is 7.11 Å². The Bertz CT molecular complexity index is 1090. The highest BCUT2D eigenvalue weighted by Gasteiger charge is 2.29. The summed E-state index contributed by atoms with van der Waals surface area (Å²) in [5.41, 5.74) is 0.115. The predicted molar refractivity (Wildman–Crippen MR) is 131 cm³/mol. The lowest BCUT2D eigenvalue weighted by Crippen LogP contribution is -2.53. The van der Waals surface area contributed by atoms with Gasteiger partial charge in [-0.25, -0.2) is 9.59 Å². The molecule has 39 heavy (non-hydrogen) atoms. The van der Waals surface area contributed by atoms with E-state index in [1.54, 1.807) is 20.8 Å². The van der Waals surface area contributed by atoms with Gasteiger partial charge in [0.05, 0.1) is 7.11 Å². The van der Waals surface area contributed by atoms with Gasteiger partial charge in [-0.2, -0.15) is 17.6 Å². The van der Waals surface area contributed by atoms with E-state index in [2.05, 4.69) is 20.1 Å². The Balaban J connectivity index is 2.22. The molecule has 0 saturated heterocycles. The lowest BCUT2D eigenvalue weighted by atomic mass is 10.0. The van der Waals surface area contributed by atoms with Crippen molar-refractivity contribution in [1.82, 2.24) is 10.6 Å². The van der Waals surface area contributed by atoms with Crippen LogP contribution in [0.1, 0.15) is 31.9 Å². The number of methoxy groups -OCH3 is 1. The number of ether oxygens (including phenoxy) is 4. The molecule has 0 heterocycles. The summed E-state index contributed by atoms with van der Waals surface area (Å²) in [5, 5.41) is 4.99. The smallest absolute Gasteiger partial charge is 0.408 e. The molecule has 0 radical (unpaired) electrons. The number of carbonyl (C=O) groups excluding carboxylic acids is 3. The van der Waals surface area contributed by atoms with Crippen LogP contribution in [0.25, 0.3) is 0 Å². The zero-order valence-electron chi connectivity index (χ0n) is 21.7. The third-order valence-corrected chi connectivity index (χ3v) is 4.99. The second kappa shape index (κ2) is 14.2. The molecule has 2 atom stereocenters. The molecule has 0 unspecified atom stereocenters. The van der Waals surface area contributed by atoms with Crippen molar-refractivity contribution in [3.05, 3.63) is 59.7 Å². The number of alkyl halides is 4. The number of hydrogen-bond donors (Lipinski definition) is 2. The van der Waals surface area contributed by atoms with E-state index in [9.17, 15) is 31.9 Å². The molecule has 0 bridgehead atoms. The summed E-state index contributed by atoms with van der Waals surface area (Å²) in [6.07, 6.45) is -1.05. The van der Waals surface area contributed by atoms with Crippen molar-refractivity contribution in [1.29, 1.82) is 0 Å². The molecule has 0 aromatic heterocycles. The molecule has 0 spiro atoms. The summed E-state index contributed by atoms with van der Waals surface area (Å²) in [5.74, 6) is -1.73. The second-order valence-electron chi connectivity index (χ2n) is 9.24. The van der Waals surface area contributed by atoms with Crippen molar-refractivity contribution in [3.63, 3.8) is 0 Å². The minimum Gasteiger partial charge on any atom is -0.467 e. The number of esters is 1. The fourth-order valence-electron chi connectivity index (χ4n) is 3.35. The van der Waals surface area contributed by atoms with Crippen LogP contribution in [-0.4, -0.2) is 56.0 Å². The van der Waals surface area contributed by atoms with Crippen LogP contribution in [0.3, 0.4) is 0 Å². The van der Waals surface area contributed by atoms with Gasteiger partial charge in [0.1, 0.15) is 29.2 Å². The van der Waals surface area contributed by atoms with Crippen molar-refractivity contribution in [3.8, 4) is 11.5 Å². The Morgan fingerprint density at radius 1 is 0.744 bits per heavy atom. The van der Waals surface area contributed by atoms with Crippen LogP contribution >= 0.6 is 0 Å². The molecule has 2 rings (SSSR count). The average molecular weight is 559 g/mol. The van der Waals surface area contributed by atoms with Crippen molar-refractivity contribution >= 4 is 18.0 Å². The molecule has 2 amide bonds. The number of benzene rings is 2. The fourth-order valence-corrected chi connectivity index (χ4v) is 3.35. The zero-order chi connectivity index (χ0) is 29.2. The highest BCUT2D eigenvalue weighted by atomic mass is 19.3. The Morgan fingerprint density at radius 3 is 1.56 bits per heavy atom. The SMILES string of the molecule is COC(=O)[C@@H](Cc1ccc(OC(F)F)cc1)NC(=O)[C@@H](Cc1ccc(OC(F)F)cc1)NC(=O)OC(C)(C)C. The van der Waals surface area contributed by atoms with Gasteiger partial charge in [0.25, 0.3) is 0 Å². The third kappa shape index (κ3) is 11.5. The highest BCUT2D eigenvalue weighted by molar-refractivity contribution is 5.90. The number of hydrogen-bond acceptors (Lipinski definition) is 7. The molecule has 0 aliphatic heterocycles. The first kappa shape index (κ1) is 31.2. The van der Waals surface area contributed by atoms with E-state index >= 15 is 0 Å². The summed E-state index contributed by atoms with van der Waals surface area (Å²) < 4.78 is 68.3. The van der Waals surface area contributed by atoms with Gasteiger partial charge in [0.2, 0.25) is 5.91 Å². The standard InChI is InChI=1S/C26H30F4N2O7/c1-26(2,3)39-25(35)32-19(13-15-5-9-17(10-6-15)37-23(27)28)21(33)31-20(22(34)36-4)14-16-7-11-18(12-8-16)38-24(29)30/h5-12,19-20,23-24H,13-14H2,1-4H3,(H,31,33)(H,32,35)/t19-,20-/m1/s1. The number of carbonyl (C=O) groups is 3. The molecule has 2 aromatic rings. The zero-order valence-corrected chi connectivity index (χ0v) is 21.7. The predicted octanol–water partition coefficient (Wildman–Crippen LogP) is 4.23. The molecule has 2 N–H and O–H groups in total. The Labute approximate surface area is 222 Å². The molecular formula is C26H30F4N2O7. The van der Waals surface area contributed by atoms with Crippen LogP contribution in [0.15, 0.2) is 48.5 Å². The largest absolute Gasteiger partial charge is 0.467 e. The van der Waals surface area contributed by atoms with Crippen LogP contribution in [-0.2, 0) is 31.9 Å². The maximum absolute atomic E-state index is 13.2. The van der Waals surface area contributed by atoms with Crippen LogP contribution in [0.5, 0.6) is 11.5 Å². The van der Waals surface area contributed by atoms with E-state index in [0.29, 0.717) is 11.1 Å². The fraction of sp³-hybridized carbons (Fsp3) is 0.423. The Hall–Kier alpha value is -4.03. The molecular weight excluding hydrogens is 528 g/mol. The highest BCUT2D eigenvalue weighted by Crippen LogP contribution is 2.18. The van der Waals surface area contributed by atoms with Gasteiger partial charge in [-0.3, -0.25) is 4.79 Å². The van der Waals surface area contributed by atoms with Gasteiger partial charge in [-0.15, -0.1) is 0 Å². The quantitative estimate of drug-likeness (QED) is 0.296. The maximum Gasteiger partial charge on any atom is 0.408 e. The van der Waals surface area contributed by atoms with Gasteiger partial charge in [0.15, 0.2) is 0 Å². The summed E-state index contributed by atoms with van der Waals surface area (Å²) in [6.45, 7) is -1.11. The third-order valence-electron chi connectivity index (χ3n) is 4.99. The van der Waals surface area contributed by atoms with Crippen molar-refractivity contribution in [2.75, 3.05) is 7.11 Å². The van der Waals surface area contributed by atoms with E-state index in [-0.39, 0.29) is 24.3 Å². The first-order chi connectivity index (χ1) is 18.3. The lowest BCUT2D eigenvalue weighted by Gasteiger charge is -2.25. The van der Waals surface area contributed by atoms with Gasteiger partial charge < -0.3 is 29.6 Å². The number of nitrogens with one attached hydrogen (secondary N) is 2. The van der Waals surface area contributed by atoms with E-state index < -0.39 is 48.9 Å². The van der Waals surface area contributed by atoms with Crippen LogP contribution in [0, 0.1) is 0 Å². The topological polar surface area (TPSA) is 112 Å². The van der Waals surface area contributed by atoms with Gasteiger partial charge in [-0.1, -0.05) is 24.3 Å². The summed E-state index contributed by atoms with van der Waals surface area (Å²) >= 11 is 0. The first-order valence-electron chi connectivity index (χ1n) is 11.7. The van der Waals surface area contributed by atoms with Gasteiger partial charge >= 0.3 is 25.3 Å². The van der Waals surface area contributed by atoms with Gasteiger partial charge in [0, 0.05) is 12.8 Å². The minimum absolute atomic E-state index is 0.0633. The molecule has 0 aliphatic rings. The van der Waals surface area contributed by atoms with Crippen LogP contribution in [0.2, 0.25) is 0 Å². The van der Waals surface area contributed by atoms with Crippen molar-refractivity contribution in [2.45, 2.75) is 64.5 Å². The maximum atomic E-state index is 13.2. The molecule has 2 aromatic carbocycles. The van der Waals surface area contributed by atoms with Crippen molar-refractivity contribution in [2.24, 2.45) is 0 Å². The normalized spacial score (nSPS) is 12.9. The van der Waals surface area contributed by atoms with Gasteiger partial charge in [-0.05, 0) is 56.2 Å². The molecule has 214 valence electrons. The number of halogens is 4. The average Bonchev–Trinajstić information content (AvgIpc) is 2.83. The molecule has 13 heteroatoms. The summed E-state index contributed by atoms with van der Waals surface area (Å²) in [7, 11) is 1.13. The number of alkyl carbamates (subject to hydrolysis) is 1. The van der Waals surface area contributed by atoms with E-state index in [1.807, 2.05) is 0 Å². The molecule has 0 fully saturated rings. The summed E-state index contributed by atoms with van der Waals surface area (Å²) in [4.78, 5) is 38.1. The molecule has 9 nitrogen and oxygen atoms in total. The number of rotatable bonds is 12.